The standard InChI is InChI=1S/C20H13N3O2/c1-3-8-16-14(6-1)12-22-18-10-5-11-19(21-18)23-13-15-7-2-4-9-17(15)25-20(22,23)24-16/h1-13H/q+2. The Kier molecular flexibility index (Phi) is 2.23. The first-order valence-corrected chi connectivity index (χ1v) is 8.15. The Morgan fingerprint density at radius 3 is 1.72 bits per heavy atom. The van der Waals surface area contributed by atoms with E-state index in [1.165, 1.54) is 0 Å². The number of aromatic nitrogens is 1. The quantitative estimate of drug-likeness (QED) is 0.596. The molecule has 3 aliphatic heterocycles. The van der Waals surface area contributed by atoms with Crippen molar-refractivity contribution in [3.63, 3.8) is 0 Å². The van der Waals surface area contributed by atoms with E-state index in [-0.39, 0.29) is 0 Å². The molecule has 3 aromatic rings. The maximum Gasteiger partial charge on any atom is 0.589 e. The van der Waals surface area contributed by atoms with Gasteiger partial charge in [0.25, 0.3) is 0 Å². The molecule has 0 saturated heterocycles. The van der Waals surface area contributed by atoms with Gasteiger partial charge in [-0.3, -0.25) is 0 Å². The summed E-state index contributed by atoms with van der Waals surface area (Å²) < 4.78 is 16.7. The minimum Gasteiger partial charge on any atom is -0.380 e. The molecule has 0 amide bonds. The number of hydrogen-bond donors (Lipinski definition) is 0. The maximum absolute atomic E-state index is 6.43. The molecule has 0 fully saturated rings. The molecule has 0 atom stereocenters. The molecule has 5 heteroatoms. The van der Waals surface area contributed by atoms with Gasteiger partial charge >= 0.3 is 17.7 Å². The van der Waals surface area contributed by atoms with E-state index in [9.17, 15) is 0 Å². The molecule has 4 heterocycles. The van der Waals surface area contributed by atoms with Crippen molar-refractivity contribution in [3.05, 3.63) is 77.9 Å². The van der Waals surface area contributed by atoms with Crippen molar-refractivity contribution in [2.45, 2.75) is 6.03 Å². The van der Waals surface area contributed by atoms with E-state index in [0.717, 1.165) is 34.3 Å². The van der Waals surface area contributed by atoms with Crippen LogP contribution in [0.2, 0.25) is 0 Å². The second kappa shape index (κ2) is 4.33. The van der Waals surface area contributed by atoms with E-state index < -0.39 is 6.03 Å². The number of hydrogen-bond acceptors (Lipinski definition) is 3. The summed E-state index contributed by atoms with van der Waals surface area (Å²) in [5.41, 5.74) is 1.98. The summed E-state index contributed by atoms with van der Waals surface area (Å²) in [6, 6.07) is 20.6. The van der Waals surface area contributed by atoms with Crippen LogP contribution in [0.4, 0.5) is 11.6 Å². The molecule has 6 rings (SSSR count). The van der Waals surface area contributed by atoms with Crippen molar-refractivity contribution < 1.29 is 18.6 Å². The topological polar surface area (TPSA) is 37.4 Å². The van der Waals surface area contributed by atoms with Gasteiger partial charge in [-0.05, 0) is 30.3 Å². The average Bonchev–Trinajstić information content (AvgIpc) is 2.66. The van der Waals surface area contributed by atoms with E-state index in [4.69, 9.17) is 14.5 Å². The van der Waals surface area contributed by atoms with Gasteiger partial charge in [0.15, 0.2) is 0 Å². The molecule has 0 radical (unpaired) electrons. The molecule has 2 aromatic carbocycles. The SMILES string of the molecule is C1=[N+]2c3cccc(n3)[N+]3=Cc4ccccc4OC23Oc2ccccc21. The summed E-state index contributed by atoms with van der Waals surface area (Å²) in [4.78, 5) is 4.72. The third-order valence-corrected chi connectivity index (χ3v) is 4.68. The highest BCUT2D eigenvalue weighted by Gasteiger charge is 2.62. The minimum atomic E-state index is -1.14. The Balaban J connectivity index is 1.70. The zero-order chi connectivity index (χ0) is 16.4. The predicted octanol–water partition coefficient (Wildman–Crippen LogP) is 3.02. The van der Waals surface area contributed by atoms with Gasteiger partial charge in [-0.25, -0.2) is 0 Å². The smallest absolute Gasteiger partial charge is 0.380 e. The molecule has 3 aliphatic rings. The highest BCUT2D eigenvalue weighted by molar-refractivity contribution is 5.83. The summed E-state index contributed by atoms with van der Waals surface area (Å²) >= 11 is 0. The van der Waals surface area contributed by atoms with E-state index in [0.29, 0.717) is 0 Å². The molecule has 0 aliphatic carbocycles. The number of nitrogens with zero attached hydrogens (tertiary/aromatic N) is 3. The molecule has 1 aromatic heterocycles. The van der Waals surface area contributed by atoms with Crippen LogP contribution in [0.25, 0.3) is 0 Å². The predicted molar refractivity (Wildman–Crippen MR) is 91.3 cm³/mol. The number of pyridine rings is 1. The molecule has 0 unspecified atom stereocenters. The highest BCUT2D eigenvalue weighted by atomic mass is 16.7. The van der Waals surface area contributed by atoms with Crippen molar-refractivity contribution in [3.8, 4) is 11.5 Å². The Hall–Kier alpha value is -3.47. The van der Waals surface area contributed by atoms with Crippen LogP contribution >= 0.6 is 0 Å². The van der Waals surface area contributed by atoms with Gasteiger partial charge in [0.1, 0.15) is 23.9 Å². The van der Waals surface area contributed by atoms with Crippen LogP contribution in [0.1, 0.15) is 11.1 Å². The lowest BCUT2D eigenvalue weighted by atomic mass is 10.1. The average molecular weight is 327 g/mol. The Labute approximate surface area is 143 Å². The van der Waals surface area contributed by atoms with Gasteiger partial charge in [0.2, 0.25) is 0 Å². The summed E-state index contributed by atoms with van der Waals surface area (Å²) in [7, 11) is 0. The van der Waals surface area contributed by atoms with Crippen LogP contribution in [0.3, 0.4) is 0 Å². The van der Waals surface area contributed by atoms with Crippen molar-refractivity contribution in [1.29, 1.82) is 0 Å². The molecule has 1 spiro atoms. The minimum absolute atomic E-state index is 0.779. The Bertz CT molecular complexity index is 1030. The molecule has 118 valence electrons. The van der Waals surface area contributed by atoms with Crippen molar-refractivity contribution in [2.24, 2.45) is 0 Å². The maximum atomic E-state index is 6.43. The molecule has 25 heavy (non-hydrogen) atoms. The number of rotatable bonds is 0. The molecular weight excluding hydrogens is 314 g/mol. The second-order valence-electron chi connectivity index (χ2n) is 6.18. The van der Waals surface area contributed by atoms with Crippen molar-refractivity contribution in [1.82, 2.24) is 4.98 Å². The lowest BCUT2D eigenvalue weighted by molar-refractivity contribution is -0.864. The first kappa shape index (κ1) is 12.9. The van der Waals surface area contributed by atoms with Gasteiger partial charge in [-0.15, -0.1) is 9.15 Å². The fraction of sp³-hybridized carbons (Fsp3) is 0.0500. The third-order valence-electron chi connectivity index (χ3n) is 4.68. The largest absolute Gasteiger partial charge is 0.589 e. The number of benzene rings is 2. The highest BCUT2D eigenvalue weighted by Crippen LogP contribution is 2.41. The van der Waals surface area contributed by atoms with E-state index >= 15 is 0 Å². The van der Waals surface area contributed by atoms with E-state index in [2.05, 4.69) is 0 Å². The van der Waals surface area contributed by atoms with Crippen LogP contribution in [-0.4, -0.2) is 32.6 Å². The first-order chi connectivity index (χ1) is 12.3. The fourth-order valence-corrected chi connectivity index (χ4v) is 3.52. The second-order valence-corrected chi connectivity index (χ2v) is 6.18. The van der Waals surface area contributed by atoms with Gasteiger partial charge in [-0.2, -0.15) is 0 Å². The van der Waals surface area contributed by atoms with Crippen LogP contribution in [0.15, 0.2) is 66.7 Å². The van der Waals surface area contributed by atoms with Crippen LogP contribution in [-0.2, 0) is 0 Å². The fourth-order valence-electron chi connectivity index (χ4n) is 3.52. The lowest BCUT2D eigenvalue weighted by Crippen LogP contribution is -2.63. The zero-order valence-electron chi connectivity index (χ0n) is 13.2. The van der Waals surface area contributed by atoms with Gasteiger partial charge in [0.05, 0.1) is 11.1 Å². The van der Waals surface area contributed by atoms with Crippen molar-refractivity contribution in [2.75, 3.05) is 0 Å². The number of fused-ring (bicyclic) bond motifs is 6. The molecular formula is C20H13N3O2+2. The van der Waals surface area contributed by atoms with Crippen LogP contribution in [0.5, 0.6) is 11.5 Å². The monoisotopic (exact) mass is 327 g/mol. The number of ether oxygens (including phenoxy) is 2. The normalized spacial score (nSPS) is 17.4. The van der Waals surface area contributed by atoms with Crippen LogP contribution in [0, 0.1) is 0 Å². The summed E-state index contributed by atoms with van der Waals surface area (Å²) in [6.07, 6.45) is 4.05. The van der Waals surface area contributed by atoms with E-state index in [1.807, 2.05) is 88.3 Å². The van der Waals surface area contributed by atoms with Gasteiger partial charge in [-0.1, -0.05) is 24.3 Å². The zero-order valence-corrected chi connectivity index (χ0v) is 13.2. The van der Waals surface area contributed by atoms with Gasteiger partial charge < -0.3 is 9.47 Å². The molecule has 5 nitrogen and oxygen atoms in total. The number of para-hydroxylation sites is 2. The summed E-state index contributed by atoms with van der Waals surface area (Å²) in [5, 5.41) is 0. The first-order valence-electron chi connectivity index (χ1n) is 8.15. The molecule has 0 N–H and O–H groups in total. The van der Waals surface area contributed by atoms with Crippen LogP contribution < -0.4 is 9.47 Å². The Morgan fingerprint density at radius 1 is 0.640 bits per heavy atom. The molecule has 0 saturated carbocycles. The Morgan fingerprint density at radius 2 is 1.16 bits per heavy atom. The van der Waals surface area contributed by atoms with Crippen molar-refractivity contribution >= 4 is 24.1 Å². The van der Waals surface area contributed by atoms with E-state index in [1.54, 1.807) is 0 Å². The summed E-state index contributed by atoms with van der Waals surface area (Å²) in [6.45, 7) is 0. The lowest BCUT2D eigenvalue weighted by Gasteiger charge is -2.37. The summed E-state index contributed by atoms with van der Waals surface area (Å²) in [5.74, 6) is 3.13. The van der Waals surface area contributed by atoms with Gasteiger partial charge in [0, 0.05) is 17.1 Å². The molecule has 2 bridgehead atoms. The third kappa shape index (κ3) is 1.59.